The molecule has 0 aliphatic carbocycles. The third kappa shape index (κ3) is 3.46. The van der Waals surface area contributed by atoms with E-state index in [0.29, 0.717) is 11.9 Å². The predicted molar refractivity (Wildman–Crippen MR) is 88.8 cm³/mol. The minimum Gasteiger partial charge on any atom is -0.383 e. The predicted octanol–water partition coefficient (Wildman–Crippen LogP) is 2.20. The zero-order chi connectivity index (χ0) is 15.8. The fraction of sp³-hybridized carbons (Fsp3) is 0.750. The molecule has 0 unspecified atom stereocenters. The van der Waals surface area contributed by atoms with Crippen LogP contribution < -0.4 is 10.6 Å². The van der Waals surface area contributed by atoms with E-state index in [1.165, 1.54) is 0 Å². The van der Waals surface area contributed by atoms with Gasteiger partial charge in [0.25, 0.3) is 0 Å². The van der Waals surface area contributed by atoms with Crippen molar-refractivity contribution in [2.24, 2.45) is 0 Å². The van der Waals surface area contributed by atoms with Crippen molar-refractivity contribution in [2.45, 2.75) is 53.0 Å². The quantitative estimate of drug-likeness (QED) is 0.905. The van der Waals surface area contributed by atoms with E-state index in [2.05, 4.69) is 49.4 Å². The summed E-state index contributed by atoms with van der Waals surface area (Å²) in [5.41, 5.74) is 7.03. The summed E-state index contributed by atoms with van der Waals surface area (Å²) in [6.07, 6.45) is 0. The van der Waals surface area contributed by atoms with Crippen molar-refractivity contribution in [3.05, 3.63) is 11.4 Å². The maximum atomic E-state index is 6.11. The first-order valence-electron chi connectivity index (χ1n) is 7.83. The van der Waals surface area contributed by atoms with E-state index in [1.54, 1.807) is 0 Å². The standard InChI is InChI=1S/C16H29N5/c1-11(2)20-7-9-21(10-8-20)14-12(3)13(17)18-15(19-14)16(4,5)6/h11H,7-10H2,1-6H3,(H2,17,18,19). The summed E-state index contributed by atoms with van der Waals surface area (Å²) in [4.78, 5) is 14.1. The molecule has 2 N–H and O–H groups in total. The van der Waals surface area contributed by atoms with Crippen LogP contribution in [0.5, 0.6) is 0 Å². The molecule has 1 aliphatic heterocycles. The fourth-order valence-electron chi connectivity index (χ4n) is 2.62. The van der Waals surface area contributed by atoms with E-state index < -0.39 is 0 Å². The van der Waals surface area contributed by atoms with Gasteiger partial charge in [-0.15, -0.1) is 0 Å². The van der Waals surface area contributed by atoms with Gasteiger partial charge in [0.05, 0.1) is 0 Å². The molecule has 0 radical (unpaired) electrons. The zero-order valence-electron chi connectivity index (χ0n) is 14.3. The van der Waals surface area contributed by atoms with Crippen LogP contribution in [-0.4, -0.2) is 47.1 Å². The summed E-state index contributed by atoms with van der Waals surface area (Å²) in [5, 5.41) is 0. The van der Waals surface area contributed by atoms with Crippen LogP contribution in [0.2, 0.25) is 0 Å². The number of nitrogen functional groups attached to an aromatic ring is 1. The van der Waals surface area contributed by atoms with E-state index >= 15 is 0 Å². The highest BCUT2D eigenvalue weighted by Crippen LogP contribution is 2.27. The van der Waals surface area contributed by atoms with Gasteiger partial charge in [-0.2, -0.15) is 0 Å². The number of nitrogens with zero attached hydrogens (tertiary/aromatic N) is 4. The Hall–Kier alpha value is -1.36. The highest BCUT2D eigenvalue weighted by Gasteiger charge is 2.25. The molecule has 1 aliphatic rings. The molecule has 0 saturated carbocycles. The molecular weight excluding hydrogens is 262 g/mol. The first-order valence-corrected chi connectivity index (χ1v) is 7.83. The Morgan fingerprint density at radius 2 is 1.62 bits per heavy atom. The van der Waals surface area contributed by atoms with Crippen LogP contribution in [0.25, 0.3) is 0 Å². The summed E-state index contributed by atoms with van der Waals surface area (Å²) >= 11 is 0. The van der Waals surface area contributed by atoms with Crippen LogP contribution in [0.3, 0.4) is 0 Å². The topological polar surface area (TPSA) is 58.3 Å². The average Bonchev–Trinajstić information content (AvgIpc) is 2.40. The van der Waals surface area contributed by atoms with Crippen molar-refractivity contribution in [3.8, 4) is 0 Å². The van der Waals surface area contributed by atoms with Crippen LogP contribution in [-0.2, 0) is 5.41 Å². The van der Waals surface area contributed by atoms with Gasteiger partial charge in [0.15, 0.2) is 0 Å². The van der Waals surface area contributed by atoms with Gasteiger partial charge in [0.1, 0.15) is 17.5 Å². The van der Waals surface area contributed by atoms with Gasteiger partial charge < -0.3 is 10.6 Å². The Morgan fingerprint density at radius 1 is 1.05 bits per heavy atom. The maximum absolute atomic E-state index is 6.11. The van der Waals surface area contributed by atoms with Crippen LogP contribution in [0.1, 0.15) is 46.0 Å². The van der Waals surface area contributed by atoms with E-state index in [9.17, 15) is 0 Å². The van der Waals surface area contributed by atoms with Crippen molar-refractivity contribution in [2.75, 3.05) is 36.8 Å². The van der Waals surface area contributed by atoms with E-state index in [1.807, 2.05) is 6.92 Å². The molecule has 1 fully saturated rings. The summed E-state index contributed by atoms with van der Waals surface area (Å²) in [6, 6.07) is 0.605. The second-order valence-electron chi connectivity index (χ2n) is 7.25. The van der Waals surface area contributed by atoms with Crippen LogP contribution in [0.4, 0.5) is 11.6 Å². The molecule has 0 atom stereocenters. The molecule has 1 aromatic heterocycles. The lowest BCUT2D eigenvalue weighted by Gasteiger charge is -2.38. The summed E-state index contributed by atoms with van der Waals surface area (Å²) in [5.74, 6) is 2.44. The zero-order valence-corrected chi connectivity index (χ0v) is 14.3. The SMILES string of the molecule is Cc1c(N)nc(C(C)(C)C)nc1N1CCN(C(C)C)CC1. The smallest absolute Gasteiger partial charge is 0.138 e. The third-order valence-electron chi connectivity index (χ3n) is 4.17. The van der Waals surface area contributed by atoms with Crippen molar-refractivity contribution in [1.82, 2.24) is 14.9 Å². The Kier molecular flexibility index (Phi) is 4.42. The molecule has 5 heteroatoms. The molecule has 0 bridgehead atoms. The molecule has 118 valence electrons. The fourth-order valence-corrected chi connectivity index (χ4v) is 2.62. The average molecular weight is 291 g/mol. The number of anilines is 2. The van der Waals surface area contributed by atoms with Crippen molar-refractivity contribution in [3.63, 3.8) is 0 Å². The molecule has 0 amide bonds. The molecule has 1 saturated heterocycles. The van der Waals surface area contributed by atoms with E-state index in [0.717, 1.165) is 43.4 Å². The van der Waals surface area contributed by atoms with Gasteiger partial charge in [0, 0.05) is 43.2 Å². The number of hydrogen-bond acceptors (Lipinski definition) is 5. The molecular formula is C16H29N5. The highest BCUT2D eigenvalue weighted by molar-refractivity contribution is 5.57. The van der Waals surface area contributed by atoms with E-state index in [-0.39, 0.29) is 5.41 Å². The number of nitrogens with two attached hydrogens (primary N) is 1. The Balaban J connectivity index is 2.26. The lowest BCUT2D eigenvalue weighted by Crippen LogP contribution is -2.49. The minimum absolute atomic E-state index is 0.0870. The summed E-state index contributed by atoms with van der Waals surface area (Å²) < 4.78 is 0. The first-order chi connectivity index (χ1) is 9.70. The van der Waals surface area contributed by atoms with Crippen LogP contribution in [0, 0.1) is 6.92 Å². The Morgan fingerprint density at radius 3 is 2.10 bits per heavy atom. The molecule has 21 heavy (non-hydrogen) atoms. The first kappa shape index (κ1) is 16.0. The van der Waals surface area contributed by atoms with Gasteiger partial charge in [-0.05, 0) is 20.8 Å². The Bertz CT molecular complexity index is 496. The largest absolute Gasteiger partial charge is 0.383 e. The molecule has 5 nitrogen and oxygen atoms in total. The van der Waals surface area contributed by atoms with Crippen LogP contribution in [0.15, 0.2) is 0 Å². The minimum atomic E-state index is -0.0870. The lowest BCUT2D eigenvalue weighted by molar-refractivity contribution is 0.209. The van der Waals surface area contributed by atoms with Gasteiger partial charge in [-0.3, -0.25) is 4.90 Å². The molecule has 0 spiro atoms. The van der Waals surface area contributed by atoms with Gasteiger partial charge in [-0.25, -0.2) is 9.97 Å². The van der Waals surface area contributed by atoms with Crippen molar-refractivity contribution in [1.29, 1.82) is 0 Å². The number of aromatic nitrogens is 2. The molecule has 1 aromatic rings. The van der Waals surface area contributed by atoms with Crippen molar-refractivity contribution >= 4 is 11.6 Å². The summed E-state index contributed by atoms with van der Waals surface area (Å²) in [7, 11) is 0. The van der Waals surface area contributed by atoms with Gasteiger partial charge in [-0.1, -0.05) is 20.8 Å². The van der Waals surface area contributed by atoms with E-state index in [4.69, 9.17) is 10.7 Å². The Labute approximate surface area is 128 Å². The maximum Gasteiger partial charge on any atom is 0.138 e. The lowest BCUT2D eigenvalue weighted by atomic mass is 9.95. The molecule has 0 aromatic carbocycles. The number of piperazine rings is 1. The van der Waals surface area contributed by atoms with Gasteiger partial charge in [0.2, 0.25) is 0 Å². The second kappa shape index (κ2) is 5.79. The highest BCUT2D eigenvalue weighted by atomic mass is 15.3. The molecule has 2 rings (SSSR count). The monoisotopic (exact) mass is 291 g/mol. The number of rotatable bonds is 2. The number of hydrogen-bond donors (Lipinski definition) is 1. The van der Waals surface area contributed by atoms with Crippen molar-refractivity contribution < 1.29 is 0 Å². The summed E-state index contributed by atoms with van der Waals surface area (Å²) in [6.45, 7) is 17.0. The van der Waals surface area contributed by atoms with Crippen LogP contribution >= 0.6 is 0 Å². The second-order valence-corrected chi connectivity index (χ2v) is 7.25. The third-order valence-corrected chi connectivity index (χ3v) is 4.17. The molecule has 2 heterocycles. The van der Waals surface area contributed by atoms with Gasteiger partial charge >= 0.3 is 0 Å². The normalized spacial score (nSPS) is 17.6.